The average Bonchev–Trinajstić information content (AvgIpc) is 2.95. The highest BCUT2D eigenvalue weighted by atomic mass is 16.2. The van der Waals surface area contributed by atoms with Gasteiger partial charge in [-0.15, -0.1) is 0 Å². The summed E-state index contributed by atoms with van der Waals surface area (Å²) in [5, 5.41) is 5.20. The molecule has 2 aromatic carbocycles. The van der Waals surface area contributed by atoms with E-state index in [-0.39, 0.29) is 24.4 Å². The van der Waals surface area contributed by atoms with Gasteiger partial charge in [0.05, 0.1) is 0 Å². The first-order valence-electron chi connectivity index (χ1n) is 11.0. The molecule has 2 aromatic rings. The lowest BCUT2D eigenvalue weighted by atomic mass is 10.0. The van der Waals surface area contributed by atoms with Crippen LogP contribution in [-0.4, -0.2) is 70.8 Å². The normalized spacial score (nSPS) is 19.2. The summed E-state index contributed by atoms with van der Waals surface area (Å²) in [6.07, 6.45) is 0.838. The lowest BCUT2D eigenvalue weighted by Gasteiger charge is -2.35. The molecule has 2 saturated heterocycles. The van der Waals surface area contributed by atoms with E-state index in [1.807, 2.05) is 4.90 Å². The van der Waals surface area contributed by atoms with Gasteiger partial charge in [-0.3, -0.25) is 19.4 Å². The third kappa shape index (κ3) is 4.56. The highest BCUT2D eigenvalue weighted by molar-refractivity contribution is 6.06. The maximum atomic E-state index is 12.6. The second-order valence-electron chi connectivity index (χ2n) is 8.91. The zero-order chi connectivity index (χ0) is 22.0. The number of rotatable bonds is 6. The van der Waals surface area contributed by atoms with E-state index in [0.29, 0.717) is 25.9 Å². The number of benzene rings is 2. The first kappa shape index (κ1) is 21.3. The molecule has 2 aliphatic heterocycles. The van der Waals surface area contributed by atoms with Gasteiger partial charge >= 0.3 is 6.03 Å². The van der Waals surface area contributed by atoms with Gasteiger partial charge < -0.3 is 10.2 Å². The number of imide groups is 1. The van der Waals surface area contributed by atoms with Gasteiger partial charge in [-0.1, -0.05) is 42.5 Å². The first-order chi connectivity index (χ1) is 14.8. The third-order valence-electron chi connectivity index (χ3n) is 6.22. The Labute approximate surface area is 183 Å². The molecule has 31 heavy (non-hydrogen) atoms. The van der Waals surface area contributed by atoms with Gasteiger partial charge in [-0.2, -0.15) is 0 Å². The molecule has 0 aromatic heterocycles. The Kier molecular flexibility index (Phi) is 5.96. The fourth-order valence-corrected chi connectivity index (χ4v) is 4.39. The molecule has 7 heteroatoms. The van der Waals surface area contributed by atoms with E-state index >= 15 is 0 Å². The van der Waals surface area contributed by atoms with Crippen molar-refractivity contribution < 1.29 is 14.4 Å². The van der Waals surface area contributed by atoms with E-state index in [2.05, 4.69) is 52.7 Å². The minimum absolute atomic E-state index is 0.0936. The van der Waals surface area contributed by atoms with Crippen LogP contribution in [0.3, 0.4) is 0 Å². The van der Waals surface area contributed by atoms with E-state index in [1.165, 1.54) is 21.2 Å². The molecule has 0 radical (unpaired) electrons. The third-order valence-corrected chi connectivity index (χ3v) is 6.22. The van der Waals surface area contributed by atoms with Crippen LogP contribution in [0.2, 0.25) is 0 Å². The van der Waals surface area contributed by atoms with Crippen molar-refractivity contribution in [1.29, 1.82) is 0 Å². The summed E-state index contributed by atoms with van der Waals surface area (Å²) >= 11 is 0. The standard InChI is InChI=1S/C24H30N4O3/c1-24(2)22(30)28(23(31)25-24)12-6-11-21(29)27-15-13-26(14-16-27)17-19-9-5-8-18-7-3-4-10-20(18)19/h3-5,7-10H,6,11-17H2,1-2H3,(H,25,31). The van der Waals surface area contributed by atoms with Gasteiger partial charge in [0, 0.05) is 45.7 Å². The Morgan fingerprint density at radius 1 is 1.00 bits per heavy atom. The number of nitrogens with one attached hydrogen (secondary N) is 1. The van der Waals surface area contributed by atoms with Gasteiger partial charge in [0.2, 0.25) is 5.91 Å². The number of carbonyl (C=O) groups is 3. The van der Waals surface area contributed by atoms with E-state index < -0.39 is 5.54 Å². The van der Waals surface area contributed by atoms with Crippen molar-refractivity contribution in [3.05, 3.63) is 48.0 Å². The molecular weight excluding hydrogens is 392 g/mol. The maximum absolute atomic E-state index is 12.6. The number of urea groups is 1. The van der Waals surface area contributed by atoms with Crippen molar-refractivity contribution in [3.63, 3.8) is 0 Å². The Morgan fingerprint density at radius 2 is 1.71 bits per heavy atom. The number of piperazine rings is 1. The van der Waals surface area contributed by atoms with Crippen LogP contribution in [0, 0.1) is 0 Å². The fraction of sp³-hybridized carbons (Fsp3) is 0.458. The smallest absolute Gasteiger partial charge is 0.325 e. The molecule has 0 bridgehead atoms. The number of nitrogens with zero attached hydrogens (tertiary/aromatic N) is 3. The molecule has 4 rings (SSSR count). The van der Waals surface area contributed by atoms with Crippen molar-refractivity contribution in [2.24, 2.45) is 0 Å². The van der Waals surface area contributed by atoms with Gasteiger partial charge in [-0.25, -0.2) is 4.79 Å². The van der Waals surface area contributed by atoms with Crippen LogP contribution in [0.1, 0.15) is 32.3 Å². The lowest BCUT2D eigenvalue weighted by Crippen LogP contribution is -2.48. The molecule has 2 aliphatic rings. The minimum atomic E-state index is -0.860. The summed E-state index contributed by atoms with van der Waals surface area (Å²) in [6.45, 7) is 7.64. The Balaban J connectivity index is 1.24. The molecule has 2 fully saturated rings. The van der Waals surface area contributed by atoms with E-state index in [9.17, 15) is 14.4 Å². The Morgan fingerprint density at radius 3 is 2.42 bits per heavy atom. The van der Waals surface area contributed by atoms with Crippen molar-refractivity contribution in [1.82, 2.24) is 20.0 Å². The number of hydrogen-bond acceptors (Lipinski definition) is 4. The number of hydrogen-bond donors (Lipinski definition) is 1. The van der Waals surface area contributed by atoms with Crippen LogP contribution in [0.5, 0.6) is 0 Å². The molecule has 0 aliphatic carbocycles. The Bertz CT molecular complexity index is 990. The first-order valence-corrected chi connectivity index (χ1v) is 11.0. The van der Waals surface area contributed by atoms with Crippen LogP contribution in [-0.2, 0) is 16.1 Å². The minimum Gasteiger partial charge on any atom is -0.340 e. The van der Waals surface area contributed by atoms with Gasteiger partial charge in [0.1, 0.15) is 5.54 Å². The molecule has 0 saturated carbocycles. The van der Waals surface area contributed by atoms with Gasteiger partial charge in [0.25, 0.3) is 5.91 Å². The predicted octanol–water partition coefficient (Wildman–Crippen LogP) is 2.59. The summed E-state index contributed by atoms with van der Waals surface area (Å²) in [5.41, 5.74) is 0.455. The average molecular weight is 423 g/mol. The molecule has 0 atom stereocenters. The fourth-order valence-electron chi connectivity index (χ4n) is 4.39. The van der Waals surface area contributed by atoms with E-state index in [4.69, 9.17) is 0 Å². The topological polar surface area (TPSA) is 73.0 Å². The molecule has 2 heterocycles. The second kappa shape index (κ2) is 8.67. The van der Waals surface area contributed by atoms with Crippen molar-refractivity contribution in [2.45, 2.75) is 38.8 Å². The summed E-state index contributed by atoms with van der Waals surface area (Å²) in [5.74, 6) is -0.136. The molecule has 1 N–H and O–H groups in total. The summed E-state index contributed by atoms with van der Waals surface area (Å²) in [7, 11) is 0. The number of fused-ring (bicyclic) bond motifs is 1. The second-order valence-corrected chi connectivity index (χ2v) is 8.91. The summed E-state index contributed by atoms with van der Waals surface area (Å²) in [4.78, 5) is 42.3. The van der Waals surface area contributed by atoms with Crippen LogP contribution < -0.4 is 5.32 Å². The maximum Gasteiger partial charge on any atom is 0.325 e. The van der Waals surface area contributed by atoms with Crippen LogP contribution >= 0.6 is 0 Å². The summed E-state index contributed by atoms with van der Waals surface area (Å²) < 4.78 is 0. The molecule has 7 nitrogen and oxygen atoms in total. The highest BCUT2D eigenvalue weighted by Crippen LogP contribution is 2.21. The zero-order valence-electron chi connectivity index (χ0n) is 18.3. The van der Waals surface area contributed by atoms with Crippen molar-refractivity contribution in [2.75, 3.05) is 32.7 Å². The van der Waals surface area contributed by atoms with E-state index in [0.717, 1.165) is 19.6 Å². The Hall–Kier alpha value is -2.93. The van der Waals surface area contributed by atoms with Crippen LogP contribution in [0.15, 0.2) is 42.5 Å². The van der Waals surface area contributed by atoms with Gasteiger partial charge in [-0.05, 0) is 36.6 Å². The quantitative estimate of drug-likeness (QED) is 0.727. The number of amides is 4. The van der Waals surface area contributed by atoms with Gasteiger partial charge in [0.15, 0.2) is 0 Å². The monoisotopic (exact) mass is 422 g/mol. The van der Waals surface area contributed by atoms with Crippen molar-refractivity contribution in [3.8, 4) is 0 Å². The largest absolute Gasteiger partial charge is 0.340 e. The highest BCUT2D eigenvalue weighted by Gasteiger charge is 2.43. The van der Waals surface area contributed by atoms with Crippen molar-refractivity contribution >= 4 is 28.6 Å². The van der Waals surface area contributed by atoms with Crippen LogP contribution in [0.25, 0.3) is 10.8 Å². The number of carbonyl (C=O) groups excluding carboxylic acids is 3. The zero-order valence-corrected chi connectivity index (χ0v) is 18.3. The summed E-state index contributed by atoms with van der Waals surface area (Å²) in [6, 6.07) is 14.5. The molecule has 4 amide bonds. The molecule has 164 valence electrons. The molecule has 0 unspecified atom stereocenters. The SMILES string of the molecule is CC1(C)NC(=O)N(CCCC(=O)N2CCN(Cc3cccc4ccccc34)CC2)C1=O. The molecule has 0 spiro atoms. The predicted molar refractivity (Wildman–Crippen MR) is 119 cm³/mol. The van der Waals surface area contributed by atoms with E-state index in [1.54, 1.807) is 13.8 Å². The van der Waals surface area contributed by atoms with Crippen LogP contribution in [0.4, 0.5) is 4.79 Å². The lowest BCUT2D eigenvalue weighted by molar-refractivity contribution is -0.134. The molecular formula is C24H30N4O3.